The molecule has 112 valence electrons. The van der Waals surface area contributed by atoms with Gasteiger partial charge in [-0.05, 0) is 82.8 Å². The lowest BCUT2D eigenvalue weighted by Crippen LogP contribution is -2.39. The molecule has 1 aromatic carbocycles. The summed E-state index contributed by atoms with van der Waals surface area (Å²) in [6, 6.07) is 7.13. The van der Waals surface area contributed by atoms with E-state index < -0.39 is 0 Å². The summed E-state index contributed by atoms with van der Waals surface area (Å²) in [4.78, 5) is 2.61. The van der Waals surface area contributed by atoms with E-state index in [2.05, 4.69) is 56.1 Å². The number of piperidine rings is 1. The van der Waals surface area contributed by atoms with Gasteiger partial charge in [0.2, 0.25) is 0 Å². The van der Waals surface area contributed by atoms with Crippen LogP contribution in [0.2, 0.25) is 0 Å². The third-order valence-corrected chi connectivity index (χ3v) is 4.87. The molecule has 1 aromatic rings. The molecule has 1 aliphatic rings. The lowest BCUT2D eigenvalue weighted by Gasteiger charge is -2.35. The predicted octanol–water partition coefficient (Wildman–Crippen LogP) is 4.23. The van der Waals surface area contributed by atoms with Gasteiger partial charge in [0, 0.05) is 11.7 Å². The van der Waals surface area contributed by atoms with Crippen LogP contribution in [0.3, 0.4) is 0 Å². The average Bonchev–Trinajstić information content (AvgIpc) is 2.45. The van der Waals surface area contributed by atoms with Crippen LogP contribution in [0.1, 0.15) is 44.2 Å². The smallest absolute Gasteiger partial charge is 0.0374 e. The SMILES string of the molecule is CCCN1CCC(C(C)Nc2cccc(C)c2C)CC1. The first kappa shape index (κ1) is 15.4. The normalized spacial score (nSPS) is 19.0. The largest absolute Gasteiger partial charge is 0.382 e. The Kier molecular flexibility index (Phi) is 5.47. The second kappa shape index (κ2) is 7.12. The number of rotatable bonds is 5. The topological polar surface area (TPSA) is 15.3 Å². The molecule has 0 radical (unpaired) electrons. The van der Waals surface area contributed by atoms with E-state index in [1.165, 1.54) is 55.7 Å². The van der Waals surface area contributed by atoms with E-state index in [1.54, 1.807) is 0 Å². The number of aryl methyl sites for hydroxylation is 1. The third-order valence-electron chi connectivity index (χ3n) is 4.87. The molecule has 2 rings (SSSR count). The molecule has 1 aliphatic heterocycles. The molecule has 0 bridgehead atoms. The minimum atomic E-state index is 0.569. The van der Waals surface area contributed by atoms with Gasteiger partial charge in [-0.1, -0.05) is 19.1 Å². The molecule has 0 spiro atoms. The summed E-state index contributed by atoms with van der Waals surface area (Å²) in [6.45, 7) is 12.8. The average molecular weight is 274 g/mol. The van der Waals surface area contributed by atoms with Crippen molar-refractivity contribution in [3.8, 4) is 0 Å². The first-order chi connectivity index (χ1) is 9.61. The van der Waals surface area contributed by atoms with Crippen molar-refractivity contribution in [2.45, 2.75) is 53.0 Å². The Labute approximate surface area is 124 Å². The molecule has 0 amide bonds. The van der Waals surface area contributed by atoms with Crippen LogP contribution in [0.25, 0.3) is 0 Å². The highest BCUT2D eigenvalue weighted by Crippen LogP contribution is 2.25. The van der Waals surface area contributed by atoms with Crippen molar-refractivity contribution in [2.75, 3.05) is 25.0 Å². The molecule has 2 heteroatoms. The second-order valence-corrected chi connectivity index (χ2v) is 6.36. The molecule has 1 fully saturated rings. The minimum absolute atomic E-state index is 0.569. The Morgan fingerprint density at radius 1 is 1.25 bits per heavy atom. The molecule has 2 nitrogen and oxygen atoms in total. The van der Waals surface area contributed by atoms with E-state index in [0.29, 0.717) is 6.04 Å². The van der Waals surface area contributed by atoms with Crippen molar-refractivity contribution in [1.82, 2.24) is 4.90 Å². The zero-order valence-electron chi connectivity index (χ0n) is 13.6. The van der Waals surface area contributed by atoms with E-state index in [4.69, 9.17) is 0 Å². The van der Waals surface area contributed by atoms with Gasteiger partial charge in [0.25, 0.3) is 0 Å². The minimum Gasteiger partial charge on any atom is -0.382 e. The zero-order valence-corrected chi connectivity index (χ0v) is 13.6. The molecule has 0 aromatic heterocycles. The Morgan fingerprint density at radius 2 is 1.95 bits per heavy atom. The summed E-state index contributed by atoms with van der Waals surface area (Å²) >= 11 is 0. The van der Waals surface area contributed by atoms with E-state index in [-0.39, 0.29) is 0 Å². The van der Waals surface area contributed by atoms with Gasteiger partial charge < -0.3 is 10.2 Å². The summed E-state index contributed by atoms with van der Waals surface area (Å²) in [5, 5.41) is 3.75. The van der Waals surface area contributed by atoms with Crippen LogP contribution in [0, 0.1) is 19.8 Å². The van der Waals surface area contributed by atoms with Gasteiger partial charge in [0.1, 0.15) is 0 Å². The Hall–Kier alpha value is -1.02. The van der Waals surface area contributed by atoms with E-state index in [0.717, 1.165) is 5.92 Å². The number of likely N-dealkylation sites (tertiary alicyclic amines) is 1. The van der Waals surface area contributed by atoms with Crippen molar-refractivity contribution in [3.05, 3.63) is 29.3 Å². The molecule has 20 heavy (non-hydrogen) atoms. The van der Waals surface area contributed by atoms with Gasteiger partial charge in [0.05, 0.1) is 0 Å². The van der Waals surface area contributed by atoms with Crippen LogP contribution >= 0.6 is 0 Å². The highest BCUT2D eigenvalue weighted by molar-refractivity contribution is 5.54. The maximum absolute atomic E-state index is 3.75. The van der Waals surface area contributed by atoms with Gasteiger partial charge in [-0.3, -0.25) is 0 Å². The summed E-state index contributed by atoms with van der Waals surface area (Å²) in [6.07, 6.45) is 3.94. The van der Waals surface area contributed by atoms with Crippen LogP contribution in [0.15, 0.2) is 18.2 Å². The molecule has 0 aliphatic carbocycles. The van der Waals surface area contributed by atoms with Crippen molar-refractivity contribution in [1.29, 1.82) is 0 Å². The monoisotopic (exact) mass is 274 g/mol. The number of nitrogens with zero attached hydrogens (tertiary/aromatic N) is 1. The lowest BCUT2D eigenvalue weighted by molar-refractivity contribution is 0.176. The fourth-order valence-electron chi connectivity index (χ4n) is 3.26. The van der Waals surface area contributed by atoms with E-state index in [9.17, 15) is 0 Å². The molecule has 1 atom stereocenters. The van der Waals surface area contributed by atoms with Crippen LogP contribution in [0.4, 0.5) is 5.69 Å². The zero-order chi connectivity index (χ0) is 14.5. The van der Waals surface area contributed by atoms with Gasteiger partial charge in [-0.2, -0.15) is 0 Å². The molecule has 1 saturated heterocycles. The fraction of sp³-hybridized carbons (Fsp3) is 0.667. The van der Waals surface area contributed by atoms with Crippen LogP contribution in [0.5, 0.6) is 0 Å². The first-order valence-electron chi connectivity index (χ1n) is 8.17. The molecule has 1 N–H and O–H groups in total. The molecular formula is C18H30N2. The quantitative estimate of drug-likeness (QED) is 0.864. The lowest BCUT2D eigenvalue weighted by atomic mass is 9.90. The van der Waals surface area contributed by atoms with Crippen LogP contribution < -0.4 is 5.32 Å². The number of hydrogen-bond donors (Lipinski definition) is 1. The van der Waals surface area contributed by atoms with Crippen molar-refractivity contribution in [2.24, 2.45) is 5.92 Å². The van der Waals surface area contributed by atoms with Gasteiger partial charge in [-0.25, -0.2) is 0 Å². The molecular weight excluding hydrogens is 244 g/mol. The van der Waals surface area contributed by atoms with Crippen molar-refractivity contribution >= 4 is 5.69 Å². The fourth-order valence-corrected chi connectivity index (χ4v) is 3.26. The standard InChI is InChI=1S/C18H30N2/c1-5-11-20-12-9-17(10-13-20)16(4)19-18-8-6-7-14(2)15(18)3/h6-8,16-17,19H,5,9-13H2,1-4H3. The second-order valence-electron chi connectivity index (χ2n) is 6.36. The highest BCUT2D eigenvalue weighted by Gasteiger charge is 2.23. The number of anilines is 1. The van der Waals surface area contributed by atoms with Crippen LogP contribution in [-0.4, -0.2) is 30.6 Å². The van der Waals surface area contributed by atoms with Crippen molar-refractivity contribution < 1.29 is 0 Å². The Bertz CT molecular complexity index is 419. The summed E-state index contributed by atoms with van der Waals surface area (Å²) < 4.78 is 0. The molecule has 1 heterocycles. The Morgan fingerprint density at radius 3 is 2.60 bits per heavy atom. The number of benzene rings is 1. The first-order valence-corrected chi connectivity index (χ1v) is 8.17. The third kappa shape index (κ3) is 3.76. The highest BCUT2D eigenvalue weighted by atomic mass is 15.1. The number of hydrogen-bond acceptors (Lipinski definition) is 2. The molecule has 0 saturated carbocycles. The Balaban J connectivity index is 1.89. The van der Waals surface area contributed by atoms with Crippen LogP contribution in [-0.2, 0) is 0 Å². The number of nitrogens with one attached hydrogen (secondary N) is 1. The van der Waals surface area contributed by atoms with E-state index >= 15 is 0 Å². The summed E-state index contributed by atoms with van der Waals surface area (Å²) in [5.74, 6) is 0.808. The van der Waals surface area contributed by atoms with E-state index in [1.807, 2.05) is 0 Å². The predicted molar refractivity (Wildman–Crippen MR) is 88.5 cm³/mol. The van der Waals surface area contributed by atoms with Gasteiger partial charge in [-0.15, -0.1) is 0 Å². The van der Waals surface area contributed by atoms with Gasteiger partial charge in [0.15, 0.2) is 0 Å². The van der Waals surface area contributed by atoms with Crippen molar-refractivity contribution in [3.63, 3.8) is 0 Å². The molecule has 1 unspecified atom stereocenters. The summed E-state index contributed by atoms with van der Waals surface area (Å²) in [5.41, 5.74) is 4.08. The maximum Gasteiger partial charge on any atom is 0.0374 e. The summed E-state index contributed by atoms with van der Waals surface area (Å²) in [7, 11) is 0. The maximum atomic E-state index is 3.75. The van der Waals surface area contributed by atoms with Gasteiger partial charge >= 0.3 is 0 Å².